The number of anilines is 1. The number of carbonyl (C=O) groups is 2. The normalized spacial score (nSPS) is 17.1. The van der Waals surface area contributed by atoms with Gasteiger partial charge in [0, 0.05) is 32.0 Å². The van der Waals surface area contributed by atoms with Crippen molar-refractivity contribution >= 4 is 28.3 Å². The number of hydrogen-bond acceptors (Lipinski definition) is 4. The summed E-state index contributed by atoms with van der Waals surface area (Å²) in [5, 5.41) is 8.62. The molecule has 25 heavy (non-hydrogen) atoms. The van der Waals surface area contributed by atoms with Crippen molar-refractivity contribution in [1.82, 2.24) is 15.2 Å². The van der Waals surface area contributed by atoms with Gasteiger partial charge in [-0.1, -0.05) is 0 Å². The fourth-order valence-corrected chi connectivity index (χ4v) is 3.54. The Morgan fingerprint density at radius 3 is 2.88 bits per heavy atom. The van der Waals surface area contributed by atoms with Crippen LogP contribution in [0.15, 0.2) is 42.0 Å². The van der Waals surface area contributed by atoms with Crippen LogP contribution in [-0.2, 0) is 11.2 Å². The number of nitrogens with one attached hydrogen (secondary N) is 2. The first-order chi connectivity index (χ1) is 12.2. The van der Waals surface area contributed by atoms with Gasteiger partial charge >= 0.3 is 6.03 Å². The fraction of sp³-hybridized carbons (Fsp3) is 0.389. The Morgan fingerprint density at radius 2 is 2.12 bits per heavy atom. The van der Waals surface area contributed by atoms with Crippen LogP contribution in [0.1, 0.15) is 18.4 Å². The maximum atomic E-state index is 12.4. The van der Waals surface area contributed by atoms with E-state index in [-0.39, 0.29) is 17.9 Å². The molecule has 3 amide bonds. The van der Waals surface area contributed by atoms with Crippen LogP contribution in [-0.4, -0.2) is 41.5 Å². The molecule has 0 spiro atoms. The number of thiophene rings is 1. The number of nitrogens with zero attached hydrogens (tertiary/aromatic N) is 2. The zero-order valence-corrected chi connectivity index (χ0v) is 14.8. The molecule has 1 saturated heterocycles. The first-order valence-corrected chi connectivity index (χ1v) is 9.36. The second-order valence-electron chi connectivity index (χ2n) is 6.09. The summed E-state index contributed by atoms with van der Waals surface area (Å²) in [6, 6.07) is 7.54. The average Bonchev–Trinajstić information content (AvgIpc) is 3.15. The summed E-state index contributed by atoms with van der Waals surface area (Å²) < 4.78 is 0. The molecule has 1 aliphatic heterocycles. The number of urea groups is 1. The van der Waals surface area contributed by atoms with Crippen LogP contribution in [0.5, 0.6) is 0 Å². The third kappa shape index (κ3) is 5.03. The second-order valence-corrected chi connectivity index (χ2v) is 7.04. The zero-order chi connectivity index (χ0) is 17.5. The number of likely N-dealkylation sites (tertiary alicyclic amines) is 1. The quantitative estimate of drug-likeness (QED) is 0.863. The number of aromatic nitrogens is 1. The summed E-state index contributed by atoms with van der Waals surface area (Å²) in [5.41, 5.74) is 1.15. The van der Waals surface area contributed by atoms with Gasteiger partial charge in [0.25, 0.3) is 0 Å². The number of rotatable bonds is 5. The van der Waals surface area contributed by atoms with E-state index < -0.39 is 0 Å². The van der Waals surface area contributed by atoms with Crippen molar-refractivity contribution in [3.8, 4) is 0 Å². The second kappa shape index (κ2) is 8.62. The molecule has 0 aliphatic carbocycles. The van der Waals surface area contributed by atoms with Gasteiger partial charge in [-0.2, -0.15) is 0 Å². The van der Waals surface area contributed by atoms with Crippen LogP contribution in [0.2, 0.25) is 0 Å². The van der Waals surface area contributed by atoms with Gasteiger partial charge < -0.3 is 10.2 Å². The molecule has 2 N–H and O–H groups in total. The minimum Gasteiger partial charge on any atom is -0.355 e. The predicted octanol–water partition coefficient (Wildman–Crippen LogP) is 2.75. The minimum absolute atomic E-state index is 0.0303. The van der Waals surface area contributed by atoms with Crippen molar-refractivity contribution in [2.75, 3.05) is 25.0 Å². The highest BCUT2D eigenvalue weighted by molar-refractivity contribution is 7.14. The third-order valence-corrected chi connectivity index (χ3v) is 5.08. The Morgan fingerprint density at radius 1 is 1.28 bits per heavy atom. The monoisotopic (exact) mass is 358 g/mol. The van der Waals surface area contributed by atoms with Crippen molar-refractivity contribution in [3.05, 3.63) is 47.6 Å². The molecule has 1 fully saturated rings. The van der Waals surface area contributed by atoms with Crippen molar-refractivity contribution in [2.45, 2.75) is 19.3 Å². The third-order valence-electron chi connectivity index (χ3n) is 4.29. The van der Waals surface area contributed by atoms with E-state index in [4.69, 9.17) is 0 Å². The molecule has 132 valence electrons. The van der Waals surface area contributed by atoms with E-state index in [9.17, 15) is 9.59 Å². The smallest absolute Gasteiger partial charge is 0.322 e. The van der Waals surface area contributed by atoms with Gasteiger partial charge in [-0.25, -0.2) is 4.79 Å². The van der Waals surface area contributed by atoms with Crippen LogP contribution >= 0.6 is 11.3 Å². The minimum atomic E-state index is -0.139. The summed E-state index contributed by atoms with van der Waals surface area (Å²) in [6.45, 7) is 1.76. The van der Waals surface area contributed by atoms with Gasteiger partial charge in [0.1, 0.15) is 0 Å². The molecule has 0 aromatic carbocycles. The summed E-state index contributed by atoms with van der Waals surface area (Å²) in [7, 11) is 0. The highest BCUT2D eigenvalue weighted by atomic mass is 32.1. The Bertz CT molecular complexity index is 690. The first kappa shape index (κ1) is 17.4. The molecule has 2 aromatic heterocycles. The van der Waals surface area contributed by atoms with E-state index in [1.54, 1.807) is 17.3 Å². The summed E-state index contributed by atoms with van der Waals surface area (Å²) in [5.74, 6) is -0.108. The van der Waals surface area contributed by atoms with Crippen molar-refractivity contribution in [3.63, 3.8) is 0 Å². The Kier molecular flexibility index (Phi) is 6.00. The van der Waals surface area contributed by atoms with Gasteiger partial charge in [-0.3, -0.25) is 15.1 Å². The van der Waals surface area contributed by atoms with Crippen LogP contribution in [0.25, 0.3) is 0 Å². The molecule has 3 heterocycles. The highest BCUT2D eigenvalue weighted by Gasteiger charge is 2.28. The Balaban J connectivity index is 1.45. The van der Waals surface area contributed by atoms with Gasteiger partial charge in [0.05, 0.1) is 10.9 Å². The van der Waals surface area contributed by atoms with Crippen molar-refractivity contribution in [1.29, 1.82) is 0 Å². The topological polar surface area (TPSA) is 74.3 Å². The lowest BCUT2D eigenvalue weighted by Crippen LogP contribution is -2.47. The maximum Gasteiger partial charge on any atom is 0.322 e. The summed E-state index contributed by atoms with van der Waals surface area (Å²) in [6.07, 6.45) is 5.96. The average molecular weight is 358 g/mol. The lowest BCUT2D eigenvalue weighted by molar-refractivity contribution is -0.126. The fourth-order valence-electron chi connectivity index (χ4n) is 2.93. The van der Waals surface area contributed by atoms with E-state index in [0.29, 0.717) is 19.6 Å². The molecule has 1 atom stereocenters. The van der Waals surface area contributed by atoms with Crippen LogP contribution in [0.4, 0.5) is 9.80 Å². The number of carbonyl (C=O) groups excluding carboxylic acids is 2. The summed E-state index contributed by atoms with van der Waals surface area (Å²) in [4.78, 5) is 30.4. The number of hydrogen-bond donors (Lipinski definition) is 2. The van der Waals surface area contributed by atoms with Gasteiger partial charge in [0.15, 0.2) is 0 Å². The molecule has 1 unspecified atom stereocenters. The highest BCUT2D eigenvalue weighted by Crippen LogP contribution is 2.20. The van der Waals surface area contributed by atoms with Gasteiger partial charge in [-0.05, 0) is 54.5 Å². The largest absolute Gasteiger partial charge is 0.355 e. The van der Waals surface area contributed by atoms with Crippen molar-refractivity contribution < 1.29 is 9.59 Å². The van der Waals surface area contributed by atoms with Crippen LogP contribution < -0.4 is 10.6 Å². The standard InChI is InChI=1S/C18H22N4O2S/c23-17(20-10-7-14-5-8-19-9-6-14)15-3-1-11-22(13-15)18(24)21-16-4-2-12-25-16/h2,4-6,8-9,12,15H,1,3,7,10-11,13H2,(H,20,23)(H,21,24). The SMILES string of the molecule is O=C(NCCc1ccncc1)C1CCCN(C(=O)Nc2cccs2)C1. The van der Waals surface area contributed by atoms with Gasteiger partial charge in [-0.15, -0.1) is 11.3 Å². The zero-order valence-electron chi connectivity index (χ0n) is 14.0. The number of amides is 3. The Hall–Kier alpha value is -2.41. The molecule has 3 rings (SSSR count). The van der Waals surface area contributed by atoms with E-state index in [1.807, 2.05) is 29.6 Å². The molecule has 0 bridgehead atoms. The van der Waals surface area contributed by atoms with Crippen LogP contribution in [0, 0.1) is 5.92 Å². The lowest BCUT2D eigenvalue weighted by atomic mass is 9.97. The molecule has 7 heteroatoms. The molecule has 0 radical (unpaired) electrons. The molecule has 6 nitrogen and oxygen atoms in total. The van der Waals surface area contributed by atoms with Crippen LogP contribution in [0.3, 0.4) is 0 Å². The molecular formula is C18H22N4O2S. The molecule has 1 aliphatic rings. The Labute approximate surface area is 151 Å². The number of pyridine rings is 1. The molecular weight excluding hydrogens is 336 g/mol. The van der Waals surface area contributed by atoms with Crippen molar-refractivity contribution in [2.24, 2.45) is 5.92 Å². The first-order valence-electron chi connectivity index (χ1n) is 8.48. The molecule has 0 saturated carbocycles. The maximum absolute atomic E-state index is 12.4. The number of piperidine rings is 1. The van der Waals surface area contributed by atoms with Gasteiger partial charge in [0.2, 0.25) is 5.91 Å². The van der Waals surface area contributed by atoms with E-state index in [1.165, 1.54) is 11.3 Å². The van der Waals surface area contributed by atoms with E-state index in [0.717, 1.165) is 29.8 Å². The predicted molar refractivity (Wildman–Crippen MR) is 98.6 cm³/mol. The van der Waals surface area contributed by atoms with E-state index >= 15 is 0 Å². The lowest BCUT2D eigenvalue weighted by Gasteiger charge is -2.31. The van der Waals surface area contributed by atoms with E-state index in [2.05, 4.69) is 15.6 Å². The molecule has 2 aromatic rings. The summed E-state index contributed by atoms with van der Waals surface area (Å²) >= 11 is 1.49.